The third-order valence-corrected chi connectivity index (χ3v) is 6.19. The molecule has 1 saturated heterocycles. The number of likely N-dealkylation sites (tertiary alicyclic amines) is 1. The van der Waals surface area contributed by atoms with Gasteiger partial charge in [0.1, 0.15) is 17.9 Å². The van der Waals surface area contributed by atoms with Crippen LogP contribution in [0.1, 0.15) is 53.0 Å². The van der Waals surface area contributed by atoms with Crippen LogP contribution in [0.3, 0.4) is 0 Å². The number of hydrogen-bond donors (Lipinski definition) is 1. The van der Waals surface area contributed by atoms with E-state index >= 15 is 0 Å². The molecule has 2 aromatic heterocycles. The molecule has 1 N–H and O–H groups in total. The molecule has 1 spiro atoms. The van der Waals surface area contributed by atoms with Crippen LogP contribution < -0.4 is 0 Å². The van der Waals surface area contributed by atoms with Crippen LogP contribution in [0.15, 0.2) is 10.9 Å². The van der Waals surface area contributed by atoms with Crippen LogP contribution in [-0.2, 0) is 27.9 Å². The van der Waals surface area contributed by atoms with Crippen LogP contribution in [0.2, 0.25) is 0 Å². The molecule has 2 aliphatic heterocycles. The second-order valence-electron chi connectivity index (χ2n) is 7.70. The predicted octanol–water partition coefficient (Wildman–Crippen LogP) is 1.43. The maximum absolute atomic E-state index is 13.1. The van der Waals surface area contributed by atoms with Crippen LogP contribution >= 0.6 is 0 Å². The average molecular weight is 401 g/mol. The normalized spacial score (nSPS) is 18.2. The molecule has 4 heterocycles. The Morgan fingerprint density at radius 1 is 1.31 bits per heavy atom. The van der Waals surface area contributed by atoms with Crippen LogP contribution in [-0.4, -0.2) is 70.1 Å². The summed E-state index contributed by atoms with van der Waals surface area (Å²) in [7, 11) is 1.53. The molecule has 2 aliphatic rings. The molecule has 1 fully saturated rings. The van der Waals surface area contributed by atoms with Crippen molar-refractivity contribution in [3.8, 4) is 0 Å². The van der Waals surface area contributed by atoms with Gasteiger partial charge in [-0.3, -0.25) is 9.59 Å². The molecule has 0 saturated carbocycles. The standard InChI is InChI=1S/C20H27N5O4/c1-4-14-17(13(2)29-23-14)19(27)24-9-6-20(7-10-24)18-15(21-12-22-18)5-8-25(20)16(26)11-28-3/h12H,4-11H2,1-3H3,(H,21,22). The van der Waals surface area contributed by atoms with Gasteiger partial charge in [-0.2, -0.15) is 0 Å². The van der Waals surface area contributed by atoms with Crippen molar-refractivity contribution < 1.29 is 18.8 Å². The molecular formula is C20H27N5O4. The molecule has 4 rings (SSSR count). The second-order valence-corrected chi connectivity index (χ2v) is 7.70. The Morgan fingerprint density at radius 2 is 2.07 bits per heavy atom. The van der Waals surface area contributed by atoms with Crippen LogP contribution in [0.25, 0.3) is 0 Å². The largest absolute Gasteiger partial charge is 0.375 e. The summed E-state index contributed by atoms with van der Waals surface area (Å²) in [6.07, 6.45) is 4.36. The third kappa shape index (κ3) is 3.13. The number of aromatic nitrogens is 3. The van der Waals surface area contributed by atoms with E-state index in [0.29, 0.717) is 55.9 Å². The number of fused-ring (bicyclic) bond motifs is 2. The lowest BCUT2D eigenvalue weighted by Gasteiger charge is -2.50. The first-order chi connectivity index (χ1) is 14.0. The third-order valence-electron chi connectivity index (χ3n) is 6.19. The second kappa shape index (κ2) is 7.62. The molecule has 0 radical (unpaired) electrons. The summed E-state index contributed by atoms with van der Waals surface area (Å²) in [5.41, 5.74) is 2.76. The predicted molar refractivity (Wildman–Crippen MR) is 103 cm³/mol. The van der Waals surface area contributed by atoms with E-state index in [1.54, 1.807) is 13.3 Å². The van der Waals surface area contributed by atoms with Crippen molar-refractivity contribution >= 4 is 11.8 Å². The number of rotatable bonds is 4. The number of carbonyl (C=O) groups is 2. The van der Waals surface area contributed by atoms with Crippen LogP contribution in [0, 0.1) is 6.92 Å². The number of H-pyrrole nitrogens is 1. The summed E-state index contributed by atoms with van der Waals surface area (Å²) in [4.78, 5) is 37.5. The van der Waals surface area contributed by atoms with Gasteiger partial charge in [-0.05, 0) is 26.2 Å². The lowest BCUT2D eigenvalue weighted by Crippen LogP contribution is -2.59. The smallest absolute Gasteiger partial charge is 0.259 e. The number of nitrogens with zero attached hydrogens (tertiary/aromatic N) is 4. The van der Waals surface area contributed by atoms with E-state index in [0.717, 1.165) is 17.8 Å². The molecule has 0 atom stereocenters. The Bertz CT molecular complexity index is 910. The highest BCUT2D eigenvalue weighted by atomic mass is 16.5. The van der Waals surface area contributed by atoms with Crippen molar-refractivity contribution in [2.75, 3.05) is 33.4 Å². The Hall–Kier alpha value is -2.68. The molecule has 9 heteroatoms. The summed E-state index contributed by atoms with van der Waals surface area (Å²) in [5, 5.41) is 4.01. The molecular weight excluding hydrogens is 374 g/mol. The first-order valence-corrected chi connectivity index (χ1v) is 10.1. The number of hydrogen-bond acceptors (Lipinski definition) is 6. The molecule has 0 bridgehead atoms. The highest BCUT2D eigenvalue weighted by Gasteiger charge is 2.49. The van der Waals surface area contributed by atoms with E-state index in [9.17, 15) is 9.59 Å². The Kier molecular flexibility index (Phi) is 5.16. The minimum absolute atomic E-state index is 0.0379. The first kappa shape index (κ1) is 19.6. The number of carbonyl (C=O) groups excluding carboxylic acids is 2. The van der Waals surface area contributed by atoms with Gasteiger partial charge in [-0.1, -0.05) is 12.1 Å². The molecule has 29 heavy (non-hydrogen) atoms. The SMILES string of the molecule is CCc1noc(C)c1C(=O)N1CCC2(CC1)c1nc[nH]c1CCN2C(=O)COC. The fourth-order valence-corrected chi connectivity index (χ4v) is 4.72. The Labute approximate surface area is 169 Å². The van der Waals surface area contributed by atoms with Gasteiger partial charge in [0, 0.05) is 38.9 Å². The van der Waals surface area contributed by atoms with E-state index in [1.165, 1.54) is 7.11 Å². The van der Waals surface area contributed by atoms with E-state index < -0.39 is 5.54 Å². The summed E-state index contributed by atoms with van der Waals surface area (Å²) < 4.78 is 10.3. The molecule has 2 aromatic rings. The molecule has 9 nitrogen and oxygen atoms in total. The van der Waals surface area contributed by atoms with Gasteiger partial charge < -0.3 is 24.0 Å². The summed E-state index contributed by atoms with van der Waals surface area (Å²) in [6.45, 7) is 5.47. The van der Waals surface area contributed by atoms with E-state index in [1.807, 2.05) is 16.7 Å². The minimum Gasteiger partial charge on any atom is -0.375 e. The molecule has 0 unspecified atom stereocenters. The zero-order valence-electron chi connectivity index (χ0n) is 17.2. The van der Waals surface area contributed by atoms with Gasteiger partial charge in [0.05, 0.1) is 23.3 Å². The highest BCUT2D eigenvalue weighted by Crippen LogP contribution is 2.42. The molecule has 2 amide bonds. The maximum Gasteiger partial charge on any atom is 0.259 e. The number of piperidine rings is 1. The van der Waals surface area contributed by atoms with Crippen molar-refractivity contribution in [2.24, 2.45) is 0 Å². The summed E-state index contributed by atoms with van der Waals surface area (Å²) >= 11 is 0. The monoisotopic (exact) mass is 401 g/mol. The number of nitrogens with one attached hydrogen (secondary N) is 1. The first-order valence-electron chi connectivity index (χ1n) is 10.1. The number of aromatic amines is 1. The van der Waals surface area contributed by atoms with Gasteiger partial charge in [0.15, 0.2) is 0 Å². The quantitative estimate of drug-likeness (QED) is 0.831. The topological polar surface area (TPSA) is 105 Å². The Balaban J connectivity index is 1.59. The maximum atomic E-state index is 13.1. The lowest BCUT2D eigenvalue weighted by molar-refractivity contribution is -0.145. The van der Waals surface area contributed by atoms with E-state index in [2.05, 4.69) is 15.1 Å². The van der Waals surface area contributed by atoms with Gasteiger partial charge >= 0.3 is 0 Å². The zero-order valence-corrected chi connectivity index (χ0v) is 17.2. The van der Waals surface area contributed by atoms with Crippen LogP contribution in [0.5, 0.6) is 0 Å². The van der Waals surface area contributed by atoms with Gasteiger partial charge in [0.25, 0.3) is 5.91 Å². The summed E-state index contributed by atoms with van der Waals surface area (Å²) in [5.74, 6) is 0.462. The number of ether oxygens (including phenoxy) is 1. The van der Waals surface area contributed by atoms with Gasteiger partial charge in [-0.25, -0.2) is 4.98 Å². The molecule has 156 valence electrons. The van der Waals surface area contributed by atoms with E-state index in [-0.39, 0.29) is 18.4 Å². The summed E-state index contributed by atoms with van der Waals surface area (Å²) in [6, 6.07) is 0. The van der Waals surface area contributed by atoms with Gasteiger partial charge in [0.2, 0.25) is 5.91 Å². The fourth-order valence-electron chi connectivity index (χ4n) is 4.72. The number of imidazole rings is 1. The highest BCUT2D eigenvalue weighted by molar-refractivity contribution is 5.96. The average Bonchev–Trinajstić information content (AvgIpc) is 3.35. The van der Waals surface area contributed by atoms with Crippen molar-refractivity contribution in [3.63, 3.8) is 0 Å². The Morgan fingerprint density at radius 3 is 2.76 bits per heavy atom. The van der Waals surface area contributed by atoms with Crippen molar-refractivity contribution in [2.45, 2.75) is 45.1 Å². The van der Waals surface area contributed by atoms with Crippen molar-refractivity contribution in [3.05, 3.63) is 34.7 Å². The minimum atomic E-state index is -0.503. The molecule has 0 aliphatic carbocycles. The fraction of sp³-hybridized carbons (Fsp3) is 0.600. The zero-order chi connectivity index (χ0) is 20.6. The number of methoxy groups -OCH3 is 1. The van der Waals surface area contributed by atoms with Crippen molar-refractivity contribution in [1.82, 2.24) is 24.9 Å². The van der Waals surface area contributed by atoms with Crippen LogP contribution in [0.4, 0.5) is 0 Å². The van der Waals surface area contributed by atoms with E-state index in [4.69, 9.17) is 9.26 Å². The number of amides is 2. The number of aryl methyl sites for hydroxylation is 2. The lowest BCUT2D eigenvalue weighted by atomic mass is 9.78. The molecule has 0 aromatic carbocycles. The van der Waals surface area contributed by atoms with Gasteiger partial charge in [-0.15, -0.1) is 0 Å². The van der Waals surface area contributed by atoms with Crippen molar-refractivity contribution in [1.29, 1.82) is 0 Å².